The highest BCUT2D eigenvalue weighted by atomic mass is 16.1. The van der Waals surface area contributed by atoms with Crippen LogP contribution in [0.1, 0.15) is 18.1 Å². The molecule has 0 bridgehead atoms. The maximum Gasteiger partial charge on any atom is 0.221 e. The van der Waals surface area contributed by atoms with Gasteiger partial charge in [0.15, 0.2) is 0 Å². The van der Waals surface area contributed by atoms with Gasteiger partial charge in [-0.05, 0) is 35.9 Å². The van der Waals surface area contributed by atoms with E-state index in [1.807, 2.05) is 42.5 Å². The van der Waals surface area contributed by atoms with E-state index < -0.39 is 0 Å². The third-order valence-corrected chi connectivity index (χ3v) is 2.76. The molecule has 0 aliphatic heterocycles. The molecular weight excluding hydrogens is 250 g/mol. The van der Waals surface area contributed by atoms with Crippen molar-refractivity contribution in [2.45, 2.75) is 13.5 Å². The van der Waals surface area contributed by atoms with E-state index in [9.17, 15) is 4.79 Å². The van der Waals surface area contributed by atoms with Crippen LogP contribution in [0.4, 0.5) is 11.4 Å². The van der Waals surface area contributed by atoms with Gasteiger partial charge in [-0.1, -0.05) is 18.2 Å². The van der Waals surface area contributed by atoms with Crippen LogP contribution < -0.4 is 10.6 Å². The average molecular weight is 265 g/mol. The van der Waals surface area contributed by atoms with Gasteiger partial charge in [-0.2, -0.15) is 5.26 Å². The van der Waals surface area contributed by atoms with Crippen molar-refractivity contribution in [1.82, 2.24) is 0 Å². The normalized spacial score (nSPS) is 9.60. The molecule has 0 saturated carbocycles. The lowest BCUT2D eigenvalue weighted by Crippen LogP contribution is -2.06. The van der Waals surface area contributed by atoms with Gasteiger partial charge in [-0.25, -0.2) is 0 Å². The Morgan fingerprint density at radius 3 is 2.55 bits per heavy atom. The van der Waals surface area contributed by atoms with Gasteiger partial charge in [0.2, 0.25) is 5.91 Å². The molecule has 2 rings (SSSR count). The number of hydrogen-bond acceptors (Lipinski definition) is 3. The lowest BCUT2D eigenvalue weighted by molar-refractivity contribution is -0.114. The van der Waals surface area contributed by atoms with E-state index in [-0.39, 0.29) is 5.91 Å². The Hall–Kier alpha value is -2.80. The van der Waals surface area contributed by atoms with Crippen LogP contribution in [0.2, 0.25) is 0 Å². The Balaban J connectivity index is 1.97. The molecule has 20 heavy (non-hydrogen) atoms. The SMILES string of the molecule is CC(=O)Nc1ccc(CNc2cccc(C#N)c2)cc1. The third-order valence-electron chi connectivity index (χ3n) is 2.76. The Morgan fingerprint density at radius 1 is 1.15 bits per heavy atom. The largest absolute Gasteiger partial charge is 0.381 e. The summed E-state index contributed by atoms with van der Waals surface area (Å²) < 4.78 is 0. The number of rotatable bonds is 4. The van der Waals surface area contributed by atoms with Crippen molar-refractivity contribution in [2.75, 3.05) is 10.6 Å². The maximum atomic E-state index is 10.9. The first kappa shape index (κ1) is 13.6. The molecule has 0 spiro atoms. The summed E-state index contributed by atoms with van der Waals surface area (Å²) >= 11 is 0. The van der Waals surface area contributed by atoms with Gasteiger partial charge in [-0.3, -0.25) is 4.79 Å². The lowest BCUT2D eigenvalue weighted by atomic mass is 10.2. The van der Waals surface area contributed by atoms with Crippen molar-refractivity contribution in [1.29, 1.82) is 5.26 Å². The van der Waals surface area contributed by atoms with Crippen LogP contribution in [-0.2, 0) is 11.3 Å². The molecule has 0 aliphatic rings. The third kappa shape index (κ3) is 3.85. The summed E-state index contributed by atoms with van der Waals surface area (Å²) in [5.41, 5.74) is 3.43. The van der Waals surface area contributed by atoms with Gasteiger partial charge in [0.25, 0.3) is 0 Å². The summed E-state index contributed by atoms with van der Waals surface area (Å²) in [6.45, 7) is 2.15. The van der Waals surface area contributed by atoms with Gasteiger partial charge < -0.3 is 10.6 Å². The molecule has 4 heteroatoms. The first-order chi connectivity index (χ1) is 9.67. The molecule has 0 unspecified atom stereocenters. The van der Waals surface area contributed by atoms with E-state index in [2.05, 4.69) is 16.7 Å². The first-order valence-electron chi connectivity index (χ1n) is 6.28. The van der Waals surface area contributed by atoms with Gasteiger partial charge >= 0.3 is 0 Å². The smallest absolute Gasteiger partial charge is 0.221 e. The second-order valence-corrected chi connectivity index (χ2v) is 4.42. The quantitative estimate of drug-likeness (QED) is 0.892. The highest BCUT2D eigenvalue weighted by Gasteiger charge is 1.98. The molecule has 0 fully saturated rings. The number of carbonyl (C=O) groups excluding carboxylic acids is 1. The van der Waals surface area contributed by atoms with Crippen LogP contribution in [0.15, 0.2) is 48.5 Å². The van der Waals surface area contributed by atoms with Crippen molar-refractivity contribution in [2.24, 2.45) is 0 Å². The molecule has 0 aromatic heterocycles. The zero-order valence-electron chi connectivity index (χ0n) is 11.2. The summed E-state index contributed by atoms with van der Waals surface area (Å²) in [5, 5.41) is 14.8. The number of benzene rings is 2. The minimum absolute atomic E-state index is 0.0795. The van der Waals surface area contributed by atoms with Crippen molar-refractivity contribution in [3.8, 4) is 6.07 Å². The summed E-state index contributed by atoms with van der Waals surface area (Å²) in [4.78, 5) is 10.9. The van der Waals surface area contributed by atoms with Gasteiger partial charge in [-0.15, -0.1) is 0 Å². The predicted octanol–water partition coefficient (Wildman–Crippen LogP) is 3.13. The van der Waals surface area contributed by atoms with E-state index in [1.165, 1.54) is 6.92 Å². The zero-order chi connectivity index (χ0) is 14.4. The number of carbonyl (C=O) groups is 1. The summed E-state index contributed by atoms with van der Waals surface area (Å²) in [7, 11) is 0. The molecule has 0 atom stereocenters. The molecule has 0 radical (unpaired) electrons. The van der Waals surface area contributed by atoms with Crippen LogP contribution in [0.5, 0.6) is 0 Å². The molecule has 0 aliphatic carbocycles. The average Bonchev–Trinajstić information content (AvgIpc) is 2.46. The fourth-order valence-electron chi connectivity index (χ4n) is 1.81. The second kappa shape index (κ2) is 6.39. The molecule has 2 aromatic carbocycles. The van der Waals surface area contributed by atoms with E-state index in [0.29, 0.717) is 12.1 Å². The van der Waals surface area contributed by atoms with Crippen LogP contribution in [0.25, 0.3) is 0 Å². The molecule has 0 saturated heterocycles. The summed E-state index contributed by atoms with van der Waals surface area (Å²) in [6, 6.07) is 17.1. The van der Waals surface area contributed by atoms with E-state index in [1.54, 1.807) is 6.07 Å². The molecule has 4 nitrogen and oxygen atoms in total. The molecule has 1 amide bonds. The topological polar surface area (TPSA) is 64.9 Å². The number of hydrogen-bond donors (Lipinski definition) is 2. The molecular formula is C16H15N3O. The minimum atomic E-state index is -0.0795. The highest BCUT2D eigenvalue weighted by molar-refractivity contribution is 5.88. The van der Waals surface area contributed by atoms with Gasteiger partial charge in [0, 0.05) is 24.8 Å². The number of nitrogens with zero attached hydrogens (tertiary/aromatic N) is 1. The van der Waals surface area contributed by atoms with Crippen LogP contribution in [0, 0.1) is 11.3 Å². The van der Waals surface area contributed by atoms with Crippen LogP contribution in [0.3, 0.4) is 0 Å². The monoisotopic (exact) mass is 265 g/mol. The number of amides is 1. The number of nitrogens with one attached hydrogen (secondary N) is 2. The highest BCUT2D eigenvalue weighted by Crippen LogP contribution is 2.13. The molecule has 2 aromatic rings. The molecule has 2 N–H and O–H groups in total. The Kier molecular flexibility index (Phi) is 4.35. The van der Waals surface area contributed by atoms with Gasteiger partial charge in [0.1, 0.15) is 0 Å². The van der Waals surface area contributed by atoms with Crippen molar-refractivity contribution in [3.05, 3.63) is 59.7 Å². The predicted molar refractivity (Wildman–Crippen MR) is 79.2 cm³/mol. The Morgan fingerprint density at radius 2 is 1.90 bits per heavy atom. The van der Waals surface area contributed by atoms with Crippen molar-refractivity contribution in [3.63, 3.8) is 0 Å². The van der Waals surface area contributed by atoms with Crippen LogP contribution >= 0.6 is 0 Å². The number of nitriles is 1. The molecule has 0 heterocycles. The summed E-state index contributed by atoms with van der Waals surface area (Å²) in [5.74, 6) is -0.0795. The fourth-order valence-corrected chi connectivity index (χ4v) is 1.81. The second-order valence-electron chi connectivity index (χ2n) is 4.42. The summed E-state index contributed by atoms with van der Waals surface area (Å²) in [6.07, 6.45) is 0. The van der Waals surface area contributed by atoms with E-state index in [4.69, 9.17) is 5.26 Å². The standard InChI is InChI=1S/C16H15N3O/c1-12(20)19-15-7-5-13(6-8-15)11-18-16-4-2-3-14(9-16)10-17/h2-9,18H,11H2,1H3,(H,19,20). The fraction of sp³-hybridized carbons (Fsp3) is 0.125. The van der Waals surface area contributed by atoms with Crippen molar-refractivity contribution >= 4 is 17.3 Å². The van der Waals surface area contributed by atoms with Crippen LogP contribution in [-0.4, -0.2) is 5.91 Å². The lowest BCUT2D eigenvalue weighted by Gasteiger charge is -2.08. The van der Waals surface area contributed by atoms with Gasteiger partial charge in [0.05, 0.1) is 11.6 Å². The number of anilines is 2. The maximum absolute atomic E-state index is 10.9. The Bertz CT molecular complexity index is 642. The van der Waals surface area contributed by atoms with E-state index >= 15 is 0 Å². The zero-order valence-corrected chi connectivity index (χ0v) is 11.2. The Labute approximate surface area is 118 Å². The first-order valence-corrected chi connectivity index (χ1v) is 6.28. The van der Waals surface area contributed by atoms with E-state index in [0.717, 1.165) is 16.9 Å². The molecule has 100 valence electrons. The minimum Gasteiger partial charge on any atom is -0.381 e. The van der Waals surface area contributed by atoms with Crippen molar-refractivity contribution < 1.29 is 4.79 Å².